The summed E-state index contributed by atoms with van der Waals surface area (Å²) in [5.74, 6) is -1.67. The number of anilines is 2. The highest BCUT2D eigenvalue weighted by atomic mass is 16.7. The van der Waals surface area contributed by atoms with Crippen LogP contribution in [-0.4, -0.2) is 22.8 Å². The number of imide groups is 1. The first-order chi connectivity index (χ1) is 15.5. The molecule has 5 rings (SSSR count). The fraction of sp³-hybridized carbons (Fsp3) is 0.167. The first kappa shape index (κ1) is 19.9. The summed E-state index contributed by atoms with van der Waals surface area (Å²) in [4.78, 5) is 45.0. The van der Waals surface area contributed by atoms with Crippen LogP contribution in [0.5, 0.6) is 0 Å². The molecule has 0 saturated carbocycles. The van der Waals surface area contributed by atoms with E-state index in [2.05, 4.69) is 0 Å². The zero-order valence-corrected chi connectivity index (χ0v) is 17.1. The number of non-ortho nitro benzene ring substituents is 1. The van der Waals surface area contributed by atoms with Crippen molar-refractivity contribution in [3.63, 3.8) is 0 Å². The smallest absolute Gasteiger partial charge is 0.269 e. The van der Waals surface area contributed by atoms with Crippen molar-refractivity contribution < 1.29 is 19.3 Å². The Morgan fingerprint density at radius 2 is 1.62 bits per heavy atom. The molecule has 3 aromatic rings. The second kappa shape index (κ2) is 7.58. The van der Waals surface area contributed by atoms with Crippen LogP contribution in [0.2, 0.25) is 0 Å². The summed E-state index contributed by atoms with van der Waals surface area (Å²) in [6, 6.07) is 21.7. The lowest BCUT2D eigenvalue weighted by molar-refractivity contribution is -0.384. The molecule has 8 nitrogen and oxygen atoms in total. The predicted octanol–water partition coefficient (Wildman–Crippen LogP) is 3.95. The molecule has 2 fully saturated rings. The van der Waals surface area contributed by atoms with Gasteiger partial charge in [0.25, 0.3) is 11.6 Å². The maximum absolute atomic E-state index is 13.6. The maximum atomic E-state index is 13.6. The van der Waals surface area contributed by atoms with Gasteiger partial charge in [-0.2, -0.15) is 0 Å². The minimum absolute atomic E-state index is 0.0912. The largest absolute Gasteiger partial charge is 0.273 e. The van der Waals surface area contributed by atoms with Gasteiger partial charge < -0.3 is 0 Å². The predicted molar refractivity (Wildman–Crippen MR) is 117 cm³/mol. The van der Waals surface area contributed by atoms with Gasteiger partial charge >= 0.3 is 0 Å². The number of aryl methyl sites for hydroxylation is 1. The molecule has 32 heavy (non-hydrogen) atoms. The number of hydrogen-bond donors (Lipinski definition) is 0. The van der Waals surface area contributed by atoms with E-state index in [0.29, 0.717) is 16.9 Å². The Kier molecular flexibility index (Phi) is 4.71. The summed E-state index contributed by atoms with van der Waals surface area (Å²) in [7, 11) is 0. The van der Waals surface area contributed by atoms with E-state index in [4.69, 9.17) is 4.84 Å². The van der Waals surface area contributed by atoms with E-state index in [-0.39, 0.29) is 11.6 Å². The molecule has 0 radical (unpaired) electrons. The first-order valence-electron chi connectivity index (χ1n) is 10.2. The zero-order chi connectivity index (χ0) is 22.4. The molecule has 0 N–H and O–H groups in total. The minimum atomic E-state index is -1.02. The Morgan fingerprint density at radius 3 is 2.34 bits per heavy atom. The summed E-state index contributed by atoms with van der Waals surface area (Å²) in [6.07, 6.45) is -1.02. The van der Waals surface area contributed by atoms with E-state index in [1.165, 1.54) is 22.1 Å². The van der Waals surface area contributed by atoms with E-state index in [1.807, 2.05) is 37.3 Å². The maximum Gasteiger partial charge on any atom is 0.269 e. The molecule has 3 aromatic carbocycles. The number of hydrogen-bond acceptors (Lipinski definition) is 6. The van der Waals surface area contributed by atoms with E-state index < -0.39 is 28.9 Å². The molecule has 0 aliphatic carbocycles. The second-order valence-corrected chi connectivity index (χ2v) is 7.81. The van der Waals surface area contributed by atoms with Gasteiger partial charge in [-0.25, -0.2) is 9.96 Å². The number of nitrogens with zero attached hydrogens (tertiary/aromatic N) is 3. The fourth-order valence-corrected chi connectivity index (χ4v) is 4.43. The van der Waals surface area contributed by atoms with E-state index >= 15 is 0 Å². The molecule has 2 saturated heterocycles. The van der Waals surface area contributed by atoms with Gasteiger partial charge in [0.2, 0.25) is 5.91 Å². The van der Waals surface area contributed by atoms with Gasteiger partial charge in [-0.3, -0.25) is 24.5 Å². The quantitative estimate of drug-likeness (QED) is 0.354. The molecule has 2 amide bonds. The molecule has 0 aromatic heterocycles. The van der Waals surface area contributed by atoms with Gasteiger partial charge in [-0.15, -0.1) is 0 Å². The number of benzene rings is 3. The Labute approximate surface area is 183 Å². The summed E-state index contributed by atoms with van der Waals surface area (Å²) < 4.78 is 0. The molecular formula is C24H19N3O5. The van der Waals surface area contributed by atoms with Gasteiger partial charge in [0.1, 0.15) is 5.92 Å². The van der Waals surface area contributed by atoms with Crippen LogP contribution in [0.15, 0.2) is 78.9 Å². The third-order valence-electron chi connectivity index (χ3n) is 5.91. The standard InChI is InChI=1S/C24H19N3O5/c1-15-8-5-6-13-19(15)25-23(28)20-21(16-9-7-12-18(14-16)27(30)31)26(32-22(20)24(25)29)17-10-3-2-4-11-17/h2-14,20-22H,1H3. The van der Waals surface area contributed by atoms with Crippen molar-refractivity contribution in [2.45, 2.75) is 19.1 Å². The summed E-state index contributed by atoms with van der Waals surface area (Å²) in [6.45, 7) is 1.83. The fourth-order valence-electron chi connectivity index (χ4n) is 4.43. The Balaban J connectivity index is 1.62. The number of hydroxylamine groups is 1. The lowest BCUT2D eigenvalue weighted by Gasteiger charge is -2.29. The number of carbonyl (C=O) groups excluding carboxylic acids is 2. The Bertz CT molecular complexity index is 1230. The molecule has 3 unspecified atom stereocenters. The molecule has 0 bridgehead atoms. The number of nitro groups is 1. The average molecular weight is 429 g/mol. The van der Waals surface area contributed by atoms with Crippen LogP contribution in [0.1, 0.15) is 17.2 Å². The molecule has 2 heterocycles. The van der Waals surface area contributed by atoms with Crippen LogP contribution < -0.4 is 9.96 Å². The minimum Gasteiger partial charge on any atom is -0.273 e. The Hall–Kier alpha value is -4.04. The van der Waals surface area contributed by atoms with Crippen molar-refractivity contribution in [2.75, 3.05) is 9.96 Å². The van der Waals surface area contributed by atoms with Crippen molar-refractivity contribution in [3.05, 3.63) is 100 Å². The third-order valence-corrected chi connectivity index (χ3v) is 5.91. The molecule has 3 atom stereocenters. The van der Waals surface area contributed by atoms with E-state index in [0.717, 1.165) is 5.56 Å². The monoisotopic (exact) mass is 429 g/mol. The van der Waals surface area contributed by atoms with Crippen LogP contribution >= 0.6 is 0 Å². The zero-order valence-electron chi connectivity index (χ0n) is 17.1. The number of amides is 2. The van der Waals surface area contributed by atoms with Crippen molar-refractivity contribution in [2.24, 2.45) is 5.92 Å². The molecule has 2 aliphatic rings. The topological polar surface area (TPSA) is 93.0 Å². The third kappa shape index (κ3) is 3.04. The normalized spacial score (nSPS) is 22.3. The van der Waals surface area contributed by atoms with E-state index in [9.17, 15) is 19.7 Å². The van der Waals surface area contributed by atoms with Crippen molar-refractivity contribution in [1.82, 2.24) is 0 Å². The van der Waals surface area contributed by atoms with Gasteiger partial charge in [-0.1, -0.05) is 48.5 Å². The van der Waals surface area contributed by atoms with E-state index in [1.54, 1.807) is 36.4 Å². The lowest BCUT2D eigenvalue weighted by atomic mass is 9.90. The number of nitro benzene ring substituents is 1. The number of carbonyl (C=O) groups is 2. The first-order valence-corrected chi connectivity index (χ1v) is 10.2. The van der Waals surface area contributed by atoms with Crippen LogP contribution in [0.3, 0.4) is 0 Å². The van der Waals surface area contributed by atoms with Crippen molar-refractivity contribution in [3.8, 4) is 0 Å². The SMILES string of the molecule is Cc1ccccc1N1C(=O)C2ON(c3ccccc3)C(c3cccc([N+](=O)[O-])c3)C2C1=O. The van der Waals surface area contributed by atoms with Crippen LogP contribution in [-0.2, 0) is 14.4 Å². The molecule has 160 valence electrons. The average Bonchev–Trinajstić information content (AvgIpc) is 3.31. The lowest BCUT2D eigenvalue weighted by Crippen LogP contribution is -2.37. The molecule has 8 heteroatoms. The van der Waals surface area contributed by atoms with Gasteiger partial charge in [-0.05, 0) is 36.2 Å². The molecular weight excluding hydrogens is 410 g/mol. The van der Waals surface area contributed by atoms with Crippen LogP contribution in [0, 0.1) is 23.0 Å². The van der Waals surface area contributed by atoms with Crippen LogP contribution in [0.4, 0.5) is 17.1 Å². The Morgan fingerprint density at radius 1 is 0.906 bits per heavy atom. The second-order valence-electron chi connectivity index (χ2n) is 7.81. The molecule has 2 aliphatic heterocycles. The number of fused-ring (bicyclic) bond motifs is 1. The van der Waals surface area contributed by atoms with Crippen molar-refractivity contribution in [1.29, 1.82) is 0 Å². The van der Waals surface area contributed by atoms with Crippen molar-refractivity contribution >= 4 is 28.9 Å². The van der Waals surface area contributed by atoms with Gasteiger partial charge in [0.05, 0.1) is 22.3 Å². The number of para-hydroxylation sites is 2. The summed E-state index contributed by atoms with van der Waals surface area (Å²) >= 11 is 0. The van der Waals surface area contributed by atoms with Crippen LogP contribution in [0.25, 0.3) is 0 Å². The highest BCUT2D eigenvalue weighted by Crippen LogP contribution is 2.48. The van der Waals surface area contributed by atoms with Gasteiger partial charge in [0, 0.05) is 12.1 Å². The number of rotatable bonds is 4. The summed E-state index contributed by atoms with van der Waals surface area (Å²) in [5.41, 5.74) is 2.40. The van der Waals surface area contributed by atoms with Gasteiger partial charge in [0.15, 0.2) is 6.10 Å². The summed E-state index contributed by atoms with van der Waals surface area (Å²) in [5, 5.41) is 12.9. The molecule has 0 spiro atoms. The highest BCUT2D eigenvalue weighted by molar-refractivity contribution is 6.24. The highest BCUT2D eigenvalue weighted by Gasteiger charge is 2.60.